The predicted octanol–water partition coefficient (Wildman–Crippen LogP) is 1.67. The van der Waals surface area contributed by atoms with E-state index in [1.54, 1.807) is 5.38 Å². The summed E-state index contributed by atoms with van der Waals surface area (Å²) < 4.78 is 5.33. The van der Waals surface area contributed by atoms with Crippen LogP contribution in [0.3, 0.4) is 0 Å². The average Bonchev–Trinajstić information content (AvgIpc) is 3.13. The maximum absolute atomic E-state index is 12.2. The molecule has 138 valence electrons. The van der Waals surface area contributed by atoms with Crippen LogP contribution in [-0.2, 0) is 4.74 Å². The summed E-state index contributed by atoms with van der Waals surface area (Å²) >= 11 is 6.76. The van der Waals surface area contributed by atoms with E-state index in [4.69, 9.17) is 17.0 Å². The van der Waals surface area contributed by atoms with Crippen molar-refractivity contribution in [3.05, 3.63) is 11.1 Å². The highest BCUT2D eigenvalue weighted by molar-refractivity contribution is 7.80. The molecule has 1 aromatic rings. The lowest BCUT2D eigenvalue weighted by atomic mass is 9.86. The van der Waals surface area contributed by atoms with Gasteiger partial charge in [0.1, 0.15) is 5.69 Å². The molecule has 7 nitrogen and oxygen atoms in total. The maximum atomic E-state index is 12.2. The number of ether oxygens (including phenoxy) is 1. The van der Waals surface area contributed by atoms with Gasteiger partial charge in [-0.2, -0.15) is 0 Å². The van der Waals surface area contributed by atoms with Crippen molar-refractivity contribution in [2.75, 3.05) is 31.2 Å². The minimum absolute atomic E-state index is 0.281. The summed E-state index contributed by atoms with van der Waals surface area (Å²) in [5.41, 5.74) is 5.81. The fraction of sp³-hybridized carbons (Fsp3) is 0.688. The molecule has 0 aromatic carbocycles. The van der Waals surface area contributed by atoms with Crippen LogP contribution in [0.2, 0.25) is 0 Å². The zero-order chi connectivity index (χ0) is 17.6. The highest BCUT2D eigenvalue weighted by atomic mass is 32.1. The van der Waals surface area contributed by atoms with Crippen LogP contribution < -0.4 is 21.1 Å². The van der Waals surface area contributed by atoms with Crippen LogP contribution in [0, 0.1) is 5.92 Å². The number of aromatic nitrogens is 1. The van der Waals surface area contributed by atoms with Crippen molar-refractivity contribution in [2.45, 2.75) is 38.6 Å². The minimum atomic E-state index is -0.281. The van der Waals surface area contributed by atoms with E-state index in [0.29, 0.717) is 36.0 Å². The lowest BCUT2D eigenvalue weighted by Crippen LogP contribution is -2.51. The van der Waals surface area contributed by atoms with Crippen molar-refractivity contribution < 1.29 is 9.53 Å². The molecule has 0 bridgehead atoms. The Morgan fingerprint density at radius 3 is 2.84 bits per heavy atom. The van der Waals surface area contributed by atoms with Gasteiger partial charge in [0.2, 0.25) is 0 Å². The van der Waals surface area contributed by atoms with Crippen molar-refractivity contribution in [3.8, 4) is 0 Å². The molecule has 2 atom stereocenters. The molecule has 1 saturated heterocycles. The van der Waals surface area contributed by atoms with Crippen LogP contribution in [0.15, 0.2) is 5.38 Å². The molecular formula is C16H25N5O2S2. The van der Waals surface area contributed by atoms with Crippen LogP contribution in [0.5, 0.6) is 0 Å². The monoisotopic (exact) mass is 383 g/mol. The molecule has 9 heteroatoms. The van der Waals surface area contributed by atoms with E-state index < -0.39 is 0 Å². The van der Waals surface area contributed by atoms with Crippen LogP contribution in [0.25, 0.3) is 0 Å². The first-order valence-corrected chi connectivity index (χ1v) is 10.1. The summed E-state index contributed by atoms with van der Waals surface area (Å²) in [6.07, 6.45) is 4.84. The molecule has 25 heavy (non-hydrogen) atoms. The highest BCUT2D eigenvalue weighted by Crippen LogP contribution is 2.23. The number of morpholine rings is 1. The minimum Gasteiger partial charge on any atom is -0.378 e. The number of nitrogens with zero attached hydrogens (tertiary/aromatic N) is 2. The molecule has 1 aromatic heterocycles. The third kappa shape index (κ3) is 5.02. The first-order chi connectivity index (χ1) is 12.1. The quantitative estimate of drug-likeness (QED) is 0.541. The number of anilines is 1. The van der Waals surface area contributed by atoms with E-state index in [2.05, 4.69) is 33.0 Å². The van der Waals surface area contributed by atoms with Crippen molar-refractivity contribution >= 4 is 39.7 Å². The van der Waals surface area contributed by atoms with Crippen molar-refractivity contribution in [1.82, 2.24) is 21.2 Å². The van der Waals surface area contributed by atoms with Gasteiger partial charge < -0.3 is 15.0 Å². The van der Waals surface area contributed by atoms with Crippen molar-refractivity contribution in [1.29, 1.82) is 0 Å². The van der Waals surface area contributed by atoms with Gasteiger partial charge in [-0.25, -0.2) is 4.98 Å². The van der Waals surface area contributed by atoms with Gasteiger partial charge >= 0.3 is 0 Å². The zero-order valence-electron chi connectivity index (χ0n) is 14.4. The summed E-state index contributed by atoms with van der Waals surface area (Å²) in [6, 6.07) is 0.373. The normalized spacial score (nSPS) is 23.8. The second kappa shape index (κ2) is 8.77. The lowest BCUT2D eigenvalue weighted by molar-refractivity contribution is 0.0939. The predicted molar refractivity (Wildman–Crippen MR) is 103 cm³/mol. The summed E-state index contributed by atoms with van der Waals surface area (Å²) in [5.74, 6) is 0.315. The largest absolute Gasteiger partial charge is 0.378 e. The topological polar surface area (TPSA) is 78.5 Å². The number of amides is 1. The molecule has 1 aliphatic carbocycles. The fourth-order valence-electron chi connectivity index (χ4n) is 3.18. The average molecular weight is 384 g/mol. The Morgan fingerprint density at radius 2 is 2.08 bits per heavy atom. The van der Waals surface area contributed by atoms with E-state index in [-0.39, 0.29) is 5.91 Å². The van der Waals surface area contributed by atoms with Gasteiger partial charge in [0, 0.05) is 24.5 Å². The molecule has 0 spiro atoms. The number of hydrogen-bond donors (Lipinski definition) is 3. The molecule has 2 heterocycles. The van der Waals surface area contributed by atoms with Gasteiger partial charge in [0.15, 0.2) is 10.2 Å². The smallest absolute Gasteiger partial charge is 0.289 e. The third-order valence-corrected chi connectivity index (χ3v) is 5.85. The summed E-state index contributed by atoms with van der Waals surface area (Å²) in [6.45, 7) is 5.24. The van der Waals surface area contributed by atoms with Gasteiger partial charge in [0.25, 0.3) is 5.91 Å². The Kier molecular flexibility index (Phi) is 6.44. The second-order valence-electron chi connectivity index (χ2n) is 6.54. The van der Waals surface area contributed by atoms with Gasteiger partial charge in [-0.15, -0.1) is 11.3 Å². The Balaban J connectivity index is 1.45. The first kappa shape index (κ1) is 18.3. The molecule has 1 aliphatic heterocycles. The number of nitrogens with one attached hydrogen (secondary N) is 3. The van der Waals surface area contributed by atoms with Crippen LogP contribution in [-0.4, -0.2) is 48.3 Å². The fourth-order valence-corrected chi connectivity index (χ4v) is 4.24. The third-order valence-electron chi connectivity index (χ3n) is 4.72. The number of thiazole rings is 1. The van der Waals surface area contributed by atoms with Gasteiger partial charge in [-0.3, -0.25) is 15.6 Å². The van der Waals surface area contributed by atoms with Gasteiger partial charge in [-0.05, 0) is 31.0 Å². The lowest BCUT2D eigenvalue weighted by Gasteiger charge is -2.30. The molecule has 3 N–H and O–H groups in total. The summed E-state index contributed by atoms with van der Waals surface area (Å²) in [7, 11) is 0. The number of hydrogen-bond acceptors (Lipinski definition) is 6. The van der Waals surface area contributed by atoms with Crippen LogP contribution >= 0.6 is 23.6 Å². The number of carbonyl (C=O) groups is 1. The van der Waals surface area contributed by atoms with E-state index in [0.717, 1.165) is 24.6 Å². The Morgan fingerprint density at radius 1 is 1.32 bits per heavy atom. The Hall–Kier alpha value is -1.45. The number of hydrazine groups is 1. The Bertz CT molecular complexity index is 603. The van der Waals surface area contributed by atoms with E-state index in [1.165, 1.54) is 30.6 Å². The number of rotatable bonds is 3. The molecule has 0 radical (unpaired) electrons. The molecule has 2 aliphatic rings. The van der Waals surface area contributed by atoms with Crippen molar-refractivity contribution in [2.24, 2.45) is 5.92 Å². The Labute approximate surface area is 157 Å². The SMILES string of the molecule is C[C@@H]1CCCC[C@@H]1NC(=S)NNC(=O)c1csc(N2CCOCC2)n1. The zero-order valence-corrected chi connectivity index (χ0v) is 16.0. The summed E-state index contributed by atoms with van der Waals surface area (Å²) in [5, 5.41) is 6.37. The van der Waals surface area contributed by atoms with E-state index >= 15 is 0 Å². The summed E-state index contributed by atoms with van der Waals surface area (Å²) in [4.78, 5) is 18.8. The molecule has 1 saturated carbocycles. The van der Waals surface area contributed by atoms with Gasteiger partial charge in [0.05, 0.1) is 13.2 Å². The molecule has 1 amide bonds. The maximum Gasteiger partial charge on any atom is 0.289 e. The van der Waals surface area contributed by atoms with E-state index in [9.17, 15) is 4.79 Å². The van der Waals surface area contributed by atoms with E-state index in [1.807, 2.05) is 0 Å². The molecule has 3 rings (SSSR count). The second-order valence-corrected chi connectivity index (χ2v) is 7.78. The molecule has 0 unspecified atom stereocenters. The number of thiocarbonyl (C=S) groups is 1. The van der Waals surface area contributed by atoms with Crippen LogP contribution in [0.1, 0.15) is 43.1 Å². The molecule has 2 fully saturated rings. The standard InChI is InChI=1S/C16H25N5O2S2/c1-11-4-2-3-5-12(11)17-15(24)20-19-14(22)13-10-25-16(18-13)21-6-8-23-9-7-21/h10-12H,2-9H2,1H3,(H,19,22)(H2,17,20,24)/t11-,12+/m1/s1. The van der Waals surface area contributed by atoms with Gasteiger partial charge in [-0.1, -0.05) is 19.8 Å². The van der Waals surface area contributed by atoms with Crippen molar-refractivity contribution in [3.63, 3.8) is 0 Å². The van der Waals surface area contributed by atoms with Crippen LogP contribution in [0.4, 0.5) is 5.13 Å². The molecular weight excluding hydrogens is 358 g/mol. The first-order valence-electron chi connectivity index (χ1n) is 8.78. The number of carbonyl (C=O) groups excluding carboxylic acids is 1. The highest BCUT2D eigenvalue weighted by Gasteiger charge is 2.22.